The molecule has 0 aliphatic heterocycles. The van der Waals surface area contributed by atoms with Crippen LogP contribution in [0.4, 0.5) is 0 Å². The fourth-order valence-corrected chi connectivity index (χ4v) is 5.52. The van der Waals surface area contributed by atoms with Gasteiger partial charge in [0.2, 0.25) is 0 Å². The van der Waals surface area contributed by atoms with Gasteiger partial charge in [-0.3, -0.25) is 4.79 Å². The second-order valence-corrected chi connectivity index (χ2v) is 10.1. The first kappa shape index (κ1) is 25.0. The largest absolute Gasteiger partial charge is 0.496 e. The molecule has 0 saturated heterocycles. The summed E-state index contributed by atoms with van der Waals surface area (Å²) in [7, 11) is 1.54. The highest BCUT2D eigenvalue weighted by Gasteiger charge is 2.14. The van der Waals surface area contributed by atoms with Crippen molar-refractivity contribution < 1.29 is 14.3 Å². The maximum absolute atomic E-state index is 12.8. The van der Waals surface area contributed by atoms with Crippen molar-refractivity contribution in [3.8, 4) is 11.5 Å². The van der Waals surface area contributed by atoms with Gasteiger partial charge in [0, 0.05) is 0 Å². The maximum Gasteiger partial charge on any atom is 0.275 e. The summed E-state index contributed by atoms with van der Waals surface area (Å²) in [5.41, 5.74) is 4.86. The quantitative estimate of drug-likeness (QED) is 0.149. The molecule has 1 amide bonds. The standard InChI is InChI=1S/C30H22Br2N2O3/c1-36-28-16-24-9-5-4-8-23(24)15-25(28)30(35)34-33-17-20-13-26(31)29(27(32)14-20)37-18-19-10-11-21-6-2-3-7-22(21)12-19/h2-17H,18H2,1H3,(H,34,35)/b33-17-. The number of nitrogens with zero attached hydrogens (tertiary/aromatic N) is 1. The van der Waals surface area contributed by atoms with Crippen molar-refractivity contribution in [2.24, 2.45) is 5.10 Å². The van der Waals surface area contributed by atoms with Crippen LogP contribution in [-0.4, -0.2) is 19.2 Å². The molecule has 0 unspecified atom stereocenters. The van der Waals surface area contributed by atoms with E-state index >= 15 is 0 Å². The summed E-state index contributed by atoms with van der Waals surface area (Å²) in [6.07, 6.45) is 1.58. The molecule has 5 rings (SSSR count). The molecule has 0 saturated carbocycles. The summed E-state index contributed by atoms with van der Waals surface area (Å²) < 4.78 is 13.1. The van der Waals surface area contributed by atoms with Gasteiger partial charge in [0.1, 0.15) is 18.1 Å². The van der Waals surface area contributed by atoms with Crippen LogP contribution in [0.15, 0.2) is 105 Å². The Hall–Kier alpha value is -3.68. The third-order valence-corrected chi connectivity index (χ3v) is 7.09. The zero-order chi connectivity index (χ0) is 25.8. The van der Waals surface area contributed by atoms with Gasteiger partial charge in [0.15, 0.2) is 0 Å². The van der Waals surface area contributed by atoms with Crippen molar-refractivity contribution in [2.75, 3.05) is 7.11 Å². The number of ether oxygens (including phenoxy) is 2. The zero-order valence-electron chi connectivity index (χ0n) is 19.9. The van der Waals surface area contributed by atoms with Gasteiger partial charge in [-0.15, -0.1) is 0 Å². The highest BCUT2D eigenvalue weighted by molar-refractivity contribution is 9.11. The minimum absolute atomic E-state index is 0.354. The molecular formula is C30H22Br2N2O3. The molecule has 0 radical (unpaired) electrons. The number of amides is 1. The Bertz CT molecular complexity index is 1630. The van der Waals surface area contributed by atoms with Gasteiger partial charge in [0.05, 0.1) is 27.8 Å². The number of carbonyl (C=O) groups excluding carboxylic acids is 1. The number of hydrazone groups is 1. The number of hydrogen-bond acceptors (Lipinski definition) is 4. The second-order valence-electron chi connectivity index (χ2n) is 8.38. The lowest BCUT2D eigenvalue weighted by Gasteiger charge is -2.12. The zero-order valence-corrected chi connectivity index (χ0v) is 23.0. The number of hydrogen-bond donors (Lipinski definition) is 1. The summed E-state index contributed by atoms with van der Waals surface area (Å²) in [5.74, 6) is 0.826. The van der Waals surface area contributed by atoms with Gasteiger partial charge in [0.25, 0.3) is 5.91 Å². The predicted octanol–water partition coefficient (Wildman–Crippen LogP) is 7.87. The van der Waals surface area contributed by atoms with E-state index in [1.54, 1.807) is 19.4 Å². The van der Waals surface area contributed by atoms with Crippen molar-refractivity contribution in [3.05, 3.63) is 117 Å². The molecule has 0 fully saturated rings. The van der Waals surface area contributed by atoms with Crippen LogP contribution in [0.25, 0.3) is 21.5 Å². The molecule has 0 aliphatic carbocycles. The summed E-state index contributed by atoms with van der Waals surface area (Å²) in [4.78, 5) is 12.8. The van der Waals surface area contributed by atoms with Gasteiger partial charge in [-0.25, -0.2) is 5.43 Å². The maximum atomic E-state index is 12.8. The third kappa shape index (κ3) is 5.68. The van der Waals surface area contributed by atoms with E-state index < -0.39 is 0 Å². The van der Waals surface area contributed by atoms with E-state index in [0.717, 1.165) is 30.8 Å². The molecule has 5 nitrogen and oxygen atoms in total. The monoisotopic (exact) mass is 616 g/mol. The van der Waals surface area contributed by atoms with Gasteiger partial charge >= 0.3 is 0 Å². The number of nitrogens with one attached hydrogen (secondary N) is 1. The van der Waals surface area contributed by atoms with E-state index in [9.17, 15) is 4.79 Å². The summed E-state index contributed by atoms with van der Waals surface area (Å²) in [5, 5.41) is 8.47. The Morgan fingerprint density at radius 3 is 2.14 bits per heavy atom. The molecule has 5 aromatic carbocycles. The summed E-state index contributed by atoms with van der Waals surface area (Å²) in [6, 6.07) is 29.7. The first-order chi connectivity index (χ1) is 18.0. The number of carbonyl (C=O) groups is 1. The molecule has 0 atom stereocenters. The Labute approximate surface area is 231 Å². The van der Waals surface area contributed by atoms with Crippen LogP contribution in [0.1, 0.15) is 21.5 Å². The molecule has 184 valence electrons. The van der Waals surface area contributed by atoms with Crippen LogP contribution < -0.4 is 14.9 Å². The van der Waals surface area contributed by atoms with E-state index in [1.807, 2.05) is 54.6 Å². The van der Waals surface area contributed by atoms with Crippen LogP contribution >= 0.6 is 31.9 Å². The molecule has 5 aromatic rings. The van der Waals surface area contributed by atoms with Crippen LogP contribution in [-0.2, 0) is 6.61 Å². The van der Waals surface area contributed by atoms with E-state index in [2.05, 4.69) is 72.7 Å². The lowest BCUT2D eigenvalue weighted by molar-refractivity contribution is 0.0952. The van der Waals surface area contributed by atoms with Crippen LogP contribution in [0.5, 0.6) is 11.5 Å². The first-order valence-electron chi connectivity index (χ1n) is 11.5. The van der Waals surface area contributed by atoms with E-state index in [0.29, 0.717) is 23.7 Å². The Morgan fingerprint density at radius 1 is 0.838 bits per heavy atom. The average molecular weight is 618 g/mol. The number of rotatable bonds is 7. The second kappa shape index (κ2) is 11.2. The molecule has 37 heavy (non-hydrogen) atoms. The van der Waals surface area contributed by atoms with Crippen LogP contribution in [0.2, 0.25) is 0 Å². The topological polar surface area (TPSA) is 59.9 Å². The van der Waals surface area contributed by atoms with Gasteiger partial charge in [-0.1, -0.05) is 60.7 Å². The lowest BCUT2D eigenvalue weighted by atomic mass is 10.1. The minimum atomic E-state index is -0.354. The SMILES string of the molecule is COc1cc2ccccc2cc1C(=O)N/N=C\c1cc(Br)c(OCc2ccc3ccccc3c2)c(Br)c1. The molecule has 0 heterocycles. The Morgan fingerprint density at radius 2 is 1.46 bits per heavy atom. The highest BCUT2D eigenvalue weighted by Crippen LogP contribution is 2.35. The normalized spacial score (nSPS) is 11.2. The number of halogens is 2. The molecule has 1 N–H and O–H groups in total. The average Bonchev–Trinajstić information content (AvgIpc) is 2.91. The molecule has 0 aliphatic rings. The van der Waals surface area contributed by atoms with E-state index in [4.69, 9.17) is 9.47 Å². The number of methoxy groups -OCH3 is 1. The molecule has 7 heteroatoms. The fourth-order valence-electron chi connectivity index (χ4n) is 4.07. The lowest BCUT2D eigenvalue weighted by Crippen LogP contribution is -2.18. The molecule has 0 spiro atoms. The van der Waals surface area contributed by atoms with E-state index in [1.165, 1.54) is 10.8 Å². The number of fused-ring (bicyclic) bond motifs is 2. The third-order valence-electron chi connectivity index (χ3n) is 5.91. The van der Waals surface area contributed by atoms with Gasteiger partial charge in [-0.2, -0.15) is 5.10 Å². The predicted molar refractivity (Wildman–Crippen MR) is 156 cm³/mol. The Kier molecular flexibility index (Phi) is 7.53. The fraction of sp³-hybridized carbons (Fsp3) is 0.0667. The number of benzene rings is 5. The van der Waals surface area contributed by atoms with Gasteiger partial charge < -0.3 is 9.47 Å². The van der Waals surface area contributed by atoms with Crippen molar-refractivity contribution in [1.82, 2.24) is 5.43 Å². The van der Waals surface area contributed by atoms with Crippen LogP contribution in [0, 0.1) is 0 Å². The molecule has 0 aromatic heterocycles. The smallest absolute Gasteiger partial charge is 0.275 e. The minimum Gasteiger partial charge on any atom is -0.496 e. The summed E-state index contributed by atoms with van der Waals surface area (Å²) >= 11 is 7.18. The van der Waals surface area contributed by atoms with Crippen molar-refractivity contribution in [2.45, 2.75) is 6.61 Å². The van der Waals surface area contributed by atoms with E-state index in [-0.39, 0.29) is 5.91 Å². The van der Waals surface area contributed by atoms with Crippen molar-refractivity contribution in [3.63, 3.8) is 0 Å². The highest BCUT2D eigenvalue weighted by atomic mass is 79.9. The summed E-state index contributed by atoms with van der Waals surface area (Å²) in [6.45, 7) is 0.430. The molecule has 0 bridgehead atoms. The van der Waals surface area contributed by atoms with Crippen molar-refractivity contribution in [1.29, 1.82) is 0 Å². The first-order valence-corrected chi connectivity index (χ1v) is 13.1. The molecular weight excluding hydrogens is 596 g/mol. The van der Waals surface area contributed by atoms with Crippen LogP contribution in [0.3, 0.4) is 0 Å². The van der Waals surface area contributed by atoms with Crippen molar-refractivity contribution >= 4 is 65.5 Å². The Balaban J connectivity index is 1.27. The van der Waals surface area contributed by atoms with Gasteiger partial charge in [-0.05, 0) is 94.9 Å².